The Bertz CT molecular complexity index is 439. The molecule has 0 fully saturated rings. The third-order valence-corrected chi connectivity index (χ3v) is 5.42. The Morgan fingerprint density at radius 1 is 1.53 bits per heavy atom. The van der Waals surface area contributed by atoms with E-state index in [0.717, 1.165) is 24.5 Å². The summed E-state index contributed by atoms with van der Waals surface area (Å²) in [5, 5.41) is 1.14. The molecular weight excluding hydrogens is 254 g/mol. The van der Waals surface area contributed by atoms with Gasteiger partial charge in [0.1, 0.15) is 0 Å². The molecule has 0 spiro atoms. The van der Waals surface area contributed by atoms with Crippen LogP contribution in [0.4, 0.5) is 5.13 Å². The van der Waals surface area contributed by atoms with E-state index < -0.39 is 0 Å². The van der Waals surface area contributed by atoms with Crippen LogP contribution in [0.15, 0.2) is 0 Å². The van der Waals surface area contributed by atoms with E-state index in [1.807, 2.05) is 0 Å². The minimum atomic E-state index is 0.169. The van der Waals surface area contributed by atoms with Crippen molar-refractivity contribution in [3.8, 4) is 0 Å². The molecule has 108 valence electrons. The van der Waals surface area contributed by atoms with Crippen LogP contribution < -0.4 is 10.6 Å². The molecule has 0 aliphatic heterocycles. The number of hydrogen-bond acceptors (Lipinski definition) is 4. The van der Waals surface area contributed by atoms with Gasteiger partial charge in [-0.25, -0.2) is 4.98 Å². The molecule has 19 heavy (non-hydrogen) atoms. The lowest BCUT2D eigenvalue weighted by Crippen LogP contribution is -2.28. The molecule has 0 saturated carbocycles. The summed E-state index contributed by atoms with van der Waals surface area (Å²) in [5.41, 5.74) is 7.84. The van der Waals surface area contributed by atoms with Gasteiger partial charge in [-0.1, -0.05) is 34.1 Å². The largest absolute Gasteiger partial charge is 0.351 e. The van der Waals surface area contributed by atoms with Crippen LogP contribution >= 0.6 is 11.3 Å². The first-order valence-corrected chi connectivity index (χ1v) is 8.10. The molecule has 0 bridgehead atoms. The van der Waals surface area contributed by atoms with Gasteiger partial charge in [0, 0.05) is 24.5 Å². The highest BCUT2D eigenvalue weighted by Gasteiger charge is 2.33. The van der Waals surface area contributed by atoms with Gasteiger partial charge in [-0.3, -0.25) is 0 Å². The van der Waals surface area contributed by atoms with Gasteiger partial charge in [0.05, 0.1) is 5.69 Å². The van der Waals surface area contributed by atoms with Crippen LogP contribution in [0.2, 0.25) is 0 Å². The van der Waals surface area contributed by atoms with Gasteiger partial charge in [0.15, 0.2) is 5.13 Å². The Morgan fingerprint density at radius 3 is 2.84 bits per heavy atom. The van der Waals surface area contributed by atoms with Crippen molar-refractivity contribution < 1.29 is 0 Å². The molecule has 0 amide bonds. The molecule has 1 aliphatic carbocycles. The van der Waals surface area contributed by atoms with Crippen LogP contribution in [-0.2, 0) is 6.42 Å². The quantitative estimate of drug-likeness (QED) is 0.917. The van der Waals surface area contributed by atoms with Crippen LogP contribution in [0.1, 0.15) is 57.1 Å². The lowest BCUT2D eigenvalue weighted by molar-refractivity contribution is 0.282. The number of anilines is 1. The number of fused-ring (bicyclic) bond motifs is 1. The predicted octanol–water partition coefficient (Wildman–Crippen LogP) is 3.60. The summed E-state index contributed by atoms with van der Waals surface area (Å²) in [7, 11) is 2.15. The number of nitrogens with zero attached hydrogens (tertiary/aromatic N) is 2. The van der Waals surface area contributed by atoms with Crippen molar-refractivity contribution in [2.75, 3.05) is 18.5 Å². The molecule has 2 N–H and O–H groups in total. The molecule has 1 aliphatic rings. The van der Waals surface area contributed by atoms with Gasteiger partial charge in [0.2, 0.25) is 0 Å². The fourth-order valence-electron chi connectivity index (χ4n) is 2.82. The zero-order valence-electron chi connectivity index (χ0n) is 12.9. The second kappa shape index (κ2) is 5.41. The third kappa shape index (κ3) is 3.29. The average Bonchev–Trinajstić information content (AvgIpc) is 2.71. The first kappa shape index (κ1) is 14.8. The molecule has 2 unspecified atom stereocenters. The monoisotopic (exact) mass is 281 g/mol. The lowest BCUT2D eigenvalue weighted by atomic mass is 9.77. The molecule has 0 radical (unpaired) electrons. The second-order valence-electron chi connectivity index (χ2n) is 6.85. The Kier molecular flexibility index (Phi) is 4.21. The molecule has 2 rings (SSSR count). The van der Waals surface area contributed by atoms with Gasteiger partial charge in [-0.05, 0) is 24.2 Å². The van der Waals surface area contributed by atoms with Gasteiger partial charge >= 0.3 is 0 Å². The van der Waals surface area contributed by atoms with Crippen LogP contribution in [0.25, 0.3) is 0 Å². The lowest BCUT2D eigenvalue weighted by Gasteiger charge is -2.32. The highest BCUT2D eigenvalue weighted by atomic mass is 32.1. The topological polar surface area (TPSA) is 42.2 Å². The van der Waals surface area contributed by atoms with Gasteiger partial charge < -0.3 is 10.6 Å². The highest BCUT2D eigenvalue weighted by Crippen LogP contribution is 2.43. The van der Waals surface area contributed by atoms with Crippen molar-refractivity contribution in [2.45, 2.75) is 53.0 Å². The summed E-state index contributed by atoms with van der Waals surface area (Å²) >= 11 is 1.79. The van der Waals surface area contributed by atoms with Crippen LogP contribution in [0.3, 0.4) is 0 Å². The number of rotatable bonds is 4. The summed E-state index contributed by atoms with van der Waals surface area (Å²) in [4.78, 5) is 8.45. The zero-order valence-corrected chi connectivity index (χ0v) is 13.7. The third-order valence-electron chi connectivity index (χ3n) is 4.08. The fourth-order valence-corrected chi connectivity index (χ4v) is 3.87. The molecule has 1 aromatic heterocycles. The number of hydrogen-bond donors (Lipinski definition) is 1. The maximum Gasteiger partial charge on any atom is 0.185 e. The molecule has 4 heteroatoms. The molecule has 0 aromatic carbocycles. The number of aromatic nitrogens is 1. The maximum atomic E-state index is 6.31. The molecule has 0 saturated heterocycles. The van der Waals surface area contributed by atoms with Crippen LogP contribution in [0, 0.1) is 11.3 Å². The minimum Gasteiger partial charge on any atom is -0.351 e. The fraction of sp³-hybridized carbons (Fsp3) is 0.800. The van der Waals surface area contributed by atoms with E-state index in [-0.39, 0.29) is 11.5 Å². The molecule has 2 atom stereocenters. The molecule has 1 heterocycles. The molecule has 3 nitrogen and oxygen atoms in total. The van der Waals surface area contributed by atoms with E-state index in [4.69, 9.17) is 10.7 Å². The van der Waals surface area contributed by atoms with E-state index in [9.17, 15) is 0 Å². The predicted molar refractivity (Wildman–Crippen MR) is 83.9 cm³/mol. The summed E-state index contributed by atoms with van der Waals surface area (Å²) in [5.74, 6) is 0.705. The second-order valence-corrected chi connectivity index (χ2v) is 7.86. The van der Waals surface area contributed by atoms with Crippen LogP contribution in [-0.4, -0.2) is 18.6 Å². The summed E-state index contributed by atoms with van der Waals surface area (Å²) in [6.07, 6.45) is 3.34. The van der Waals surface area contributed by atoms with E-state index in [0.29, 0.717) is 5.92 Å². The van der Waals surface area contributed by atoms with E-state index in [1.54, 1.807) is 11.3 Å². The highest BCUT2D eigenvalue weighted by molar-refractivity contribution is 7.15. The normalized spacial score (nSPS) is 22.9. The van der Waals surface area contributed by atoms with Crippen molar-refractivity contribution in [2.24, 2.45) is 17.1 Å². The smallest absolute Gasteiger partial charge is 0.185 e. The van der Waals surface area contributed by atoms with E-state index in [2.05, 4.69) is 39.6 Å². The van der Waals surface area contributed by atoms with Gasteiger partial charge in [-0.15, -0.1) is 11.3 Å². The van der Waals surface area contributed by atoms with E-state index >= 15 is 0 Å². The zero-order chi connectivity index (χ0) is 14.2. The summed E-state index contributed by atoms with van der Waals surface area (Å²) < 4.78 is 0. The van der Waals surface area contributed by atoms with E-state index in [1.165, 1.54) is 17.0 Å². The average molecular weight is 281 g/mol. The van der Waals surface area contributed by atoms with Crippen molar-refractivity contribution in [1.82, 2.24) is 4.98 Å². The van der Waals surface area contributed by atoms with Crippen molar-refractivity contribution in [1.29, 1.82) is 0 Å². The first-order valence-electron chi connectivity index (χ1n) is 7.28. The standard InChI is InChI=1S/C15H27N3S/c1-6-10(2)9-18(5)14-17-12-8-15(3,4)7-11(16)13(12)19-14/h10-11H,6-9,16H2,1-5H3. The van der Waals surface area contributed by atoms with Gasteiger partial charge in [0.25, 0.3) is 0 Å². The summed E-state index contributed by atoms with van der Waals surface area (Å²) in [6, 6.07) is 0.169. The Hall–Kier alpha value is -0.610. The number of nitrogens with two attached hydrogens (primary N) is 1. The Balaban J connectivity index is 2.18. The van der Waals surface area contributed by atoms with Crippen molar-refractivity contribution >= 4 is 16.5 Å². The van der Waals surface area contributed by atoms with Gasteiger partial charge in [-0.2, -0.15) is 0 Å². The Morgan fingerprint density at radius 2 is 2.21 bits per heavy atom. The molecular formula is C15H27N3S. The van der Waals surface area contributed by atoms with Crippen LogP contribution in [0.5, 0.6) is 0 Å². The minimum absolute atomic E-state index is 0.169. The SMILES string of the molecule is CCC(C)CN(C)c1nc2c(s1)C(N)CC(C)(C)C2. The number of thiazole rings is 1. The Labute approximate surface area is 121 Å². The maximum absolute atomic E-state index is 6.31. The van der Waals surface area contributed by atoms with Crippen molar-refractivity contribution in [3.05, 3.63) is 10.6 Å². The molecule has 1 aromatic rings. The first-order chi connectivity index (χ1) is 8.82. The van der Waals surface area contributed by atoms with Crippen molar-refractivity contribution in [3.63, 3.8) is 0 Å². The summed E-state index contributed by atoms with van der Waals surface area (Å²) in [6.45, 7) is 10.2.